The van der Waals surface area contributed by atoms with Crippen molar-refractivity contribution in [2.45, 2.75) is 107 Å². The molecule has 5 amide bonds. The van der Waals surface area contributed by atoms with Gasteiger partial charge in [0, 0.05) is 87.1 Å². The first-order valence-electron chi connectivity index (χ1n) is 23.3. The molecule has 0 radical (unpaired) electrons. The fourth-order valence-electron chi connectivity index (χ4n) is 12.3. The highest BCUT2D eigenvalue weighted by molar-refractivity contribution is 6.31. The van der Waals surface area contributed by atoms with E-state index in [1.54, 1.807) is 25.2 Å². The third-order valence-corrected chi connectivity index (χ3v) is 16.4. The number of anilines is 1. The SMILES string of the molecule is Cn1c(=O)n(N2CCC(=O)NC2=O)c2ccc(CN3CCN(CC4CCC(NC(=O)[C@@H]5NC6(CCC(C)(C)CC6)[C@@]6(C(=O)Nc7cc(Cl)ccc76)[C@H]5c5ccnc(Cl)c5F)CC4)CC3)cc21. The molecule has 0 unspecified atom stereocenters. The van der Waals surface area contributed by atoms with Crippen LogP contribution in [0, 0.1) is 17.2 Å². The van der Waals surface area contributed by atoms with Gasteiger partial charge in [-0.05, 0) is 110 Å². The van der Waals surface area contributed by atoms with Crippen LogP contribution in [0.2, 0.25) is 10.2 Å². The van der Waals surface area contributed by atoms with E-state index >= 15 is 4.39 Å². The van der Waals surface area contributed by atoms with E-state index in [1.165, 1.54) is 20.4 Å². The highest BCUT2D eigenvalue weighted by atomic mass is 35.5. The van der Waals surface area contributed by atoms with Crippen molar-refractivity contribution in [3.05, 3.63) is 91.8 Å². The molecule has 350 valence electrons. The number of urea groups is 1. The maximum absolute atomic E-state index is 16.4. The third-order valence-electron chi connectivity index (χ3n) is 15.9. The Bertz CT molecular complexity index is 2680. The molecule has 4 aliphatic heterocycles. The van der Waals surface area contributed by atoms with E-state index < -0.39 is 34.8 Å². The minimum Gasteiger partial charge on any atom is -0.352 e. The first kappa shape index (κ1) is 44.9. The molecule has 4 N–H and O–H groups in total. The molecule has 2 aliphatic carbocycles. The zero-order chi connectivity index (χ0) is 46.3. The van der Waals surface area contributed by atoms with Crippen molar-refractivity contribution in [2.24, 2.45) is 18.4 Å². The molecular weight excluding hydrogens is 886 g/mol. The number of hydrogen-bond donors (Lipinski definition) is 4. The van der Waals surface area contributed by atoms with Crippen LogP contribution in [0.5, 0.6) is 0 Å². The van der Waals surface area contributed by atoms with E-state index in [9.17, 15) is 24.0 Å². The second kappa shape index (κ2) is 17.0. The Balaban J connectivity index is 0.788. The van der Waals surface area contributed by atoms with E-state index in [1.807, 2.05) is 24.3 Å². The maximum Gasteiger partial charge on any atom is 0.348 e. The summed E-state index contributed by atoms with van der Waals surface area (Å²) in [6.07, 6.45) is 8.04. The summed E-state index contributed by atoms with van der Waals surface area (Å²) in [4.78, 5) is 76.2. The minimum absolute atomic E-state index is 0.0362. The van der Waals surface area contributed by atoms with E-state index in [2.05, 4.69) is 49.9 Å². The first-order chi connectivity index (χ1) is 31.6. The zero-order valence-electron chi connectivity index (χ0n) is 37.6. The number of amides is 5. The fraction of sp³-hybridized carbons (Fsp3) is 0.542. The largest absolute Gasteiger partial charge is 0.352 e. The predicted octanol–water partition coefficient (Wildman–Crippen LogP) is 5.54. The van der Waals surface area contributed by atoms with Crippen LogP contribution in [-0.2, 0) is 33.4 Å². The quantitative estimate of drug-likeness (QED) is 0.166. The van der Waals surface area contributed by atoms with Crippen LogP contribution >= 0.6 is 23.2 Å². The van der Waals surface area contributed by atoms with E-state index in [0.717, 1.165) is 88.9 Å². The van der Waals surface area contributed by atoms with Crippen LogP contribution in [0.3, 0.4) is 0 Å². The highest BCUT2D eigenvalue weighted by Crippen LogP contribution is 2.64. The molecule has 3 saturated heterocycles. The van der Waals surface area contributed by atoms with Gasteiger partial charge in [0.1, 0.15) is 5.41 Å². The van der Waals surface area contributed by atoms with Crippen LogP contribution < -0.4 is 32.0 Å². The lowest BCUT2D eigenvalue weighted by molar-refractivity contribution is -0.125. The number of aromatic nitrogens is 3. The second-order valence-corrected chi connectivity index (χ2v) is 21.1. The number of pyridine rings is 1. The Hall–Kier alpha value is -4.87. The molecule has 4 aromatic rings. The molecule has 2 aromatic carbocycles. The lowest BCUT2D eigenvalue weighted by atomic mass is 9.53. The highest BCUT2D eigenvalue weighted by Gasteiger charge is 2.73. The summed E-state index contributed by atoms with van der Waals surface area (Å²) < 4.78 is 19.3. The summed E-state index contributed by atoms with van der Waals surface area (Å²) in [5.41, 5.74) is 1.41. The van der Waals surface area contributed by atoms with Gasteiger partial charge in [0.05, 0.1) is 23.6 Å². The number of hydrogen-bond acceptors (Lipinski definition) is 9. The van der Waals surface area contributed by atoms with Gasteiger partial charge in [0.15, 0.2) is 11.0 Å². The Morgan fingerprint density at radius 2 is 1.61 bits per heavy atom. The van der Waals surface area contributed by atoms with Gasteiger partial charge in [-0.1, -0.05) is 49.2 Å². The Morgan fingerprint density at radius 3 is 2.33 bits per heavy atom. The standard InChI is InChI=1S/C48H57Cl2FN10O5/c1-46(2)14-16-47(17-15-46)48(33-10-7-30(49)25-34(33)54-43(48)64)38(32-12-18-52-41(50)39(32)51)40(56-47)42(63)53-31-8-4-28(5-9-31)26-58-20-22-59(23-21-58)27-29-6-11-35-36(24-29)57(3)45(66)61(35)60-19-13-37(62)55-44(60)65/h6-7,10-12,18,24-25,28,31,38,40,56H,4-5,8-9,13-17,19-23,26-27H2,1-3H3,(H,53,63)(H,54,64)(H,55,62,65)/t28?,31?,38-,40+,48+/m0/s1. The molecule has 6 heterocycles. The van der Waals surface area contributed by atoms with Crippen molar-refractivity contribution in [1.29, 1.82) is 0 Å². The second-order valence-electron chi connectivity index (χ2n) is 20.3. The maximum atomic E-state index is 16.4. The first-order valence-corrected chi connectivity index (χ1v) is 24.1. The van der Waals surface area contributed by atoms with Gasteiger partial charge in [-0.25, -0.2) is 24.0 Å². The number of rotatable bonds is 8. The molecule has 2 aromatic heterocycles. The third kappa shape index (κ3) is 7.60. The van der Waals surface area contributed by atoms with Crippen molar-refractivity contribution in [2.75, 3.05) is 49.6 Å². The number of aryl methyl sites for hydroxylation is 1. The zero-order valence-corrected chi connectivity index (χ0v) is 39.1. The predicted molar refractivity (Wildman–Crippen MR) is 250 cm³/mol. The average Bonchev–Trinajstić information content (AvgIpc) is 3.84. The van der Waals surface area contributed by atoms with E-state index in [0.29, 0.717) is 40.5 Å². The summed E-state index contributed by atoms with van der Waals surface area (Å²) >= 11 is 12.8. The number of imidazole rings is 1. The van der Waals surface area contributed by atoms with Gasteiger partial charge in [-0.15, -0.1) is 0 Å². The van der Waals surface area contributed by atoms with Gasteiger partial charge >= 0.3 is 11.7 Å². The number of piperazine rings is 1. The Kier molecular flexibility index (Phi) is 11.6. The Labute approximate surface area is 392 Å². The van der Waals surface area contributed by atoms with Crippen molar-refractivity contribution >= 4 is 63.7 Å². The molecular formula is C48H57Cl2FN10O5. The van der Waals surface area contributed by atoms with Crippen LogP contribution in [0.15, 0.2) is 53.5 Å². The molecule has 5 fully saturated rings. The molecule has 2 spiro atoms. The van der Waals surface area contributed by atoms with Crippen LogP contribution in [0.4, 0.5) is 14.9 Å². The van der Waals surface area contributed by atoms with Gasteiger partial charge < -0.3 is 15.5 Å². The fourth-order valence-corrected chi connectivity index (χ4v) is 12.6. The lowest BCUT2D eigenvalue weighted by Gasteiger charge is -2.50. The van der Waals surface area contributed by atoms with Gasteiger partial charge in [0.25, 0.3) is 0 Å². The monoisotopic (exact) mass is 942 g/mol. The normalized spacial score (nSPS) is 27.7. The van der Waals surface area contributed by atoms with Crippen LogP contribution in [0.25, 0.3) is 11.0 Å². The number of fused-ring (bicyclic) bond motifs is 4. The molecule has 66 heavy (non-hydrogen) atoms. The van der Waals surface area contributed by atoms with Gasteiger partial charge in [-0.3, -0.25) is 34.5 Å². The number of benzene rings is 2. The molecule has 6 aliphatic rings. The molecule has 18 heteroatoms. The summed E-state index contributed by atoms with van der Waals surface area (Å²) in [5.74, 6) is -2.01. The minimum atomic E-state index is -1.32. The number of nitrogens with one attached hydrogen (secondary N) is 4. The molecule has 0 bridgehead atoms. The summed E-state index contributed by atoms with van der Waals surface area (Å²) in [7, 11) is 1.69. The summed E-state index contributed by atoms with van der Waals surface area (Å²) in [6.45, 7) is 9.99. The smallest absolute Gasteiger partial charge is 0.348 e. The van der Waals surface area contributed by atoms with Gasteiger partial charge in [-0.2, -0.15) is 4.68 Å². The van der Waals surface area contributed by atoms with Crippen LogP contribution in [0.1, 0.15) is 94.2 Å². The van der Waals surface area contributed by atoms with Crippen LogP contribution in [-0.4, -0.2) is 105 Å². The van der Waals surface area contributed by atoms with E-state index in [-0.39, 0.29) is 58.6 Å². The Morgan fingerprint density at radius 1 is 0.879 bits per heavy atom. The lowest BCUT2D eigenvalue weighted by Crippen LogP contribution is -2.61. The number of imide groups is 1. The number of carbonyl (C=O) groups excluding carboxylic acids is 4. The van der Waals surface area contributed by atoms with Crippen molar-refractivity contribution in [3.8, 4) is 0 Å². The average molecular weight is 944 g/mol. The topological polar surface area (TPSA) is 166 Å². The summed E-state index contributed by atoms with van der Waals surface area (Å²) in [5, 5.41) is 14.0. The van der Waals surface area contributed by atoms with Crippen molar-refractivity contribution in [3.63, 3.8) is 0 Å². The molecule has 15 nitrogen and oxygen atoms in total. The molecule has 2 saturated carbocycles. The van der Waals surface area contributed by atoms with Crippen molar-refractivity contribution in [1.82, 2.24) is 40.0 Å². The van der Waals surface area contributed by atoms with Gasteiger partial charge in [0.2, 0.25) is 17.7 Å². The summed E-state index contributed by atoms with van der Waals surface area (Å²) in [6, 6.07) is 11.2. The number of halogens is 3. The molecule has 10 rings (SSSR count). The number of carbonyl (C=O) groups is 4. The van der Waals surface area contributed by atoms with Crippen molar-refractivity contribution < 1.29 is 23.6 Å². The van der Waals surface area contributed by atoms with E-state index in [4.69, 9.17) is 23.2 Å². The number of nitrogens with zero attached hydrogens (tertiary/aromatic N) is 6. The molecule has 3 atom stereocenters.